The van der Waals surface area contributed by atoms with Gasteiger partial charge in [-0.05, 0) is 30.7 Å². The van der Waals surface area contributed by atoms with Crippen LogP contribution in [0.2, 0.25) is 5.02 Å². The predicted octanol–water partition coefficient (Wildman–Crippen LogP) is 3.48. The average molecular weight is 324 g/mol. The third kappa shape index (κ3) is 4.31. The van der Waals surface area contributed by atoms with Crippen LogP contribution in [0, 0.1) is 0 Å². The van der Waals surface area contributed by atoms with Gasteiger partial charge >= 0.3 is 0 Å². The summed E-state index contributed by atoms with van der Waals surface area (Å²) in [6.45, 7) is 1.40. The van der Waals surface area contributed by atoms with Crippen molar-refractivity contribution in [3.05, 3.63) is 64.7 Å². The van der Waals surface area contributed by atoms with Gasteiger partial charge in [0.15, 0.2) is 5.78 Å². The van der Waals surface area contributed by atoms with E-state index in [9.17, 15) is 13.2 Å². The van der Waals surface area contributed by atoms with Gasteiger partial charge in [0.2, 0.25) is 10.0 Å². The number of rotatable bonds is 5. The minimum absolute atomic E-state index is 0.125. The van der Waals surface area contributed by atoms with Gasteiger partial charge in [-0.25, -0.2) is 8.42 Å². The normalized spacial score (nSPS) is 11.1. The summed E-state index contributed by atoms with van der Waals surface area (Å²) in [5, 5.41) is 0.224. The smallest absolute Gasteiger partial charge is 0.236 e. The molecule has 0 radical (unpaired) electrons. The van der Waals surface area contributed by atoms with Gasteiger partial charge in [0, 0.05) is 5.56 Å². The second kappa shape index (κ2) is 6.28. The molecule has 2 rings (SSSR count). The number of hydrogen-bond donors (Lipinski definition) is 1. The van der Waals surface area contributed by atoms with Crippen molar-refractivity contribution in [1.82, 2.24) is 0 Å². The lowest BCUT2D eigenvalue weighted by Crippen LogP contribution is -2.15. The predicted molar refractivity (Wildman–Crippen MR) is 84.1 cm³/mol. The number of carbonyl (C=O) groups excluding carboxylic acids is 1. The van der Waals surface area contributed by atoms with Crippen molar-refractivity contribution in [3.8, 4) is 0 Å². The van der Waals surface area contributed by atoms with Crippen LogP contribution in [0.5, 0.6) is 0 Å². The molecule has 0 bridgehead atoms. The lowest BCUT2D eigenvalue weighted by Gasteiger charge is -2.09. The monoisotopic (exact) mass is 323 g/mol. The van der Waals surface area contributed by atoms with E-state index in [1.54, 1.807) is 24.3 Å². The Bertz CT molecular complexity index is 758. The number of carbonyl (C=O) groups is 1. The first kappa shape index (κ1) is 15.5. The van der Waals surface area contributed by atoms with Crippen molar-refractivity contribution in [1.29, 1.82) is 0 Å². The van der Waals surface area contributed by atoms with Crippen molar-refractivity contribution in [2.24, 2.45) is 0 Å². The first-order valence-electron chi connectivity index (χ1n) is 6.22. The quantitative estimate of drug-likeness (QED) is 0.857. The van der Waals surface area contributed by atoms with E-state index in [1.807, 2.05) is 6.07 Å². The van der Waals surface area contributed by atoms with E-state index in [0.29, 0.717) is 16.8 Å². The standard InChI is InChI=1S/C15H14ClNO3S/c1-11(18)14-8-7-13(9-15(14)16)17-21(19,20)10-12-5-3-2-4-6-12/h2-9,17H,10H2,1H3. The summed E-state index contributed by atoms with van der Waals surface area (Å²) in [6.07, 6.45) is 0. The molecule has 6 heteroatoms. The molecule has 0 atom stereocenters. The summed E-state index contributed by atoms with van der Waals surface area (Å²) in [4.78, 5) is 11.3. The SMILES string of the molecule is CC(=O)c1ccc(NS(=O)(=O)Cc2ccccc2)cc1Cl. The maximum Gasteiger partial charge on any atom is 0.236 e. The second-order valence-electron chi connectivity index (χ2n) is 4.60. The Morgan fingerprint density at radius 3 is 2.38 bits per heavy atom. The fraction of sp³-hybridized carbons (Fsp3) is 0.133. The third-order valence-electron chi connectivity index (χ3n) is 2.82. The van der Waals surface area contributed by atoms with Crippen LogP contribution in [0.1, 0.15) is 22.8 Å². The number of anilines is 1. The summed E-state index contributed by atoms with van der Waals surface area (Å²) in [5.74, 6) is -0.293. The Kier molecular flexibility index (Phi) is 4.65. The van der Waals surface area contributed by atoms with Gasteiger partial charge in [-0.2, -0.15) is 0 Å². The molecule has 0 spiro atoms. The van der Waals surface area contributed by atoms with Crippen molar-refractivity contribution < 1.29 is 13.2 Å². The van der Waals surface area contributed by atoms with Crippen LogP contribution in [0.4, 0.5) is 5.69 Å². The maximum absolute atomic E-state index is 12.1. The third-order valence-corrected chi connectivity index (χ3v) is 4.39. The average Bonchev–Trinajstić information content (AvgIpc) is 2.38. The zero-order valence-electron chi connectivity index (χ0n) is 11.3. The largest absolute Gasteiger partial charge is 0.294 e. The van der Waals surface area contributed by atoms with E-state index in [4.69, 9.17) is 11.6 Å². The Morgan fingerprint density at radius 2 is 1.81 bits per heavy atom. The molecule has 0 aliphatic carbocycles. The second-order valence-corrected chi connectivity index (χ2v) is 6.73. The van der Waals surface area contributed by atoms with Crippen molar-refractivity contribution in [3.63, 3.8) is 0 Å². The molecular formula is C15H14ClNO3S. The Hall–Kier alpha value is -1.85. The van der Waals surface area contributed by atoms with Crippen LogP contribution < -0.4 is 4.72 Å². The van der Waals surface area contributed by atoms with Crippen LogP contribution in [0.15, 0.2) is 48.5 Å². The summed E-state index contributed by atoms with van der Waals surface area (Å²) in [6, 6.07) is 13.3. The fourth-order valence-electron chi connectivity index (χ4n) is 1.87. The van der Waals surface area contributed by atoms with Crippen LogP contribution in [0.25, 0.3) is 0 Å². The lowest BCUT2D eigenvalue weighted by atomic mass is 10.1. The molecule has 0 saturated carbocycles. The molecule has 0 fully saturated rings. The van der Waals surface area contributed by atoms with E-state index in [2.05, 4.69) is 4.72 Å². The molecule has 0 aliphatic heterocycles. The molecule has 0 aliphatic rings. The molecule has 2 aromatic rings. The Balaban J connectivity index is 2.17. The maximum atomic E-state index is 12.1. The van der Waals surface area contributed by atoms with Gasteiger partial charge in [-0.15, -0.1) is 0 Å². The number of hydrogen-bond acceptors (Lipinski definition) is 3. The number of Topliss-reactive ketones (excluding diaryl/α,β-unsaturated/α-hetero) is 1. The van der Waals surface area contributed by atoms with Crippen molar-refractivity contribution >= 4 is 33.1 Å². The minimum Gasteiger partial charge on any atom is -0.294 e. The zero-order valence-corrected chi connectivity index (χ0v) is 12.9. The molecule has 4 nitrogen and oxygen atoms in total. The Morgan fingerprint density at radius 1 is 1.14 bits per heavy atom. The Labute approximate surface area is 128 Å². The van der Waals surface area contributed by atoms with Gasteiger partial charge in [0.05, 0.1) is 16.5 Å². The highest BCUT2D eigenvalue weighted by atomic mass is 35.5. The molecule has 0 saturated heterocycles. The van der Waals surface area contributed by atoms with Gasteiger partial charge < -0.3 is 0 Å². The highest BCUT2D eigenvalue weighted by Gasteiger charge is 2.13. The van der Waals surface area contributed by atoms with Crippen molar-refractivity contribution in [2.45, 2.75) is 12.7 Å². The summed E-state index contributed by atoms with van der Waals surface area (Å²) >= 11 is 5.96. The topological polar surface area (TPSA) is 63.2 Å². The number of halogens is 1. The van der Waals surface area contributed by atoms with Gasteiger partial charge in [-0.3, -0.25) is 9.52 Å². The number of ketones is 1. The van der Waals surface area contributed by atoms with E-state index in [-0.39, 0.29) is 16.6 Å². The number of benzene rings is 2. The summed E-state index contributed by atoms with van der Waals surface area (Å²) in [5.41, 5.74) is 1.39. The van der Waals surface area contributed by atoms with Crippen molar-refractivity contribution in [2.75, 3.05) is 4.72 Å². The highest BCUT2D eigenvalue weighted by Crippen LogP contribution is 2.22. The number of sulfonamides is 1. The first-order valence-corrected chi connectivity index (χ1v) is 8.25. The van der Waals surface area contributed by atoms with Gasteiger partial charge in [-0.1, -0.05) is 41.9 Å². The lowest BCUT2D eigenvalue weighted by molar-refractivity contribution is 0.101. The number of nitrogens with one attached hydrogen (secondary N) is 1. The molecule has 21 heavy (non-hydrogen) atoms. The van der Waals surface area contributed by atoms with Crippen LogP contribution in [-0.4, -0.2) is 14.2 Å². The summed E-state index contributed by atoms with van der Waals surface area (Å²) < 4.78 is 26.6. The first-order chi connectivity index (χ1) is 9.87. The van der Waals surface area contributed by atoms with Crippen LogP contribution >= 0.6 is 11.6 Å². The highest BCUT2D eigenvalue weighted by molar-refractivity contribution is 7.91. The molecule has 0 aromatic heterocycles. The molecule has 0 amide bonds. The molecule has 1 N–H and O–H groups in total. The molecular weight excluding hydrogens is 310 g/mol. The summed E-state index contributed by atoms with van der Waals surface area (Å²) in [7, 11) is -3.53. The van der Waals surface area contributed by atoms with E-state index >= 15 is 0 Å². The fourth-order valence-corrected chi connectivity index (χ4v) is 3.38. The van der Waals surface area contributed by atoms with Gasteiger partial charge in [0.25, 0.3) is 0 Å². The molecule has 110 valence electrons. The van der Waals surface area contributed by atoms with E-state index in [0.717, 1.165) is 0 Å². The van der Waals surface area contributed by atoms with Gasteiger partial charge in [0.1, 0.15) is 0 Å². The molecule has 0 heterocycles. The molecule has 0 unspecified atom stereocenters. The van der Waals surface area contributed by atoms with Crippen LogP contribution in [-0.2, 0) is 15.8 Å². The van der Waals surface area contributed by atoms with Crippen LogP contribution in [0.3, 0.4) is 0 Å². The zero-order chi connectivity index (χ0) is 15.5. The minimum atomic E-state index is -3.53. The molecule has 2 aromatic carbocycles. The van der Waals surface area contributed by atoms with E-state index in [1.165, 1.54) is 25.1 Å². The van der Waals surface area contributed by atoms with E-state index < -0.39 is 10.0 Å².